The lowest BCUT2D eigenvalue weighted by atomic mass is 10.1. The number of halogens is 1. The third-order valence-electron chi connectivity index (χ3n) is 3.96. The first-order valence-electron chi connectivity index (χ1n) is 7.04. The van der Waals surface area contributed by atoms with E-state index in [1.807, 2.05) is 11.0 Å². The van der Waals surface area contributed by atoms with Crippen molar-refractivity contribution in [3.05, 3.63) is 41.8 Å². The van der Waals surface area contributed by atoms with Crippen LogP contribution in [0.3, 0.4) is 0 Å². The lowest BCUT2D eigenvalue weighted by Crippen LogP contribution is -2.36. The predicted octanol–water partition coefficient (Wildman–Crippen LogP) is 2.51. The molecule has 0 spiro atoms. The molecule has 0 aliphatic carbocycles. The number of carbonyl (C=O) groups is 1. The minimum absolute atomic E-state index is 0.221. The molecule has 2 heterocycles. The second-order valence-electron chi connectivity index (χ2n) is 5.29. The maximum Gasteiger partial charge on any atom is 0.323 e. The van der Waals surface area contributed by atoms with Gasteiger partial charge in [0.1, 0.15) is 11.9 Å². The van der Waals surface area contributed by atoms with Crippen LogP contribution < -0.4 is 0 Å². The second-order valence-corrected chi connectivity index (χ2v) is 5.29. The minimum Gasteiger partial charge on any atom is -0.468 e. The van der Waals surface area contributed by atoms with Crippen LogP contribution in [-0.4, -0.2) is 35.5 Å². The summed E-state index contributed by atoms with van der Waals surface area (Å²) in [6.07, 6.45) is 3.43. The van der Waals surface area contributed by atoms with Gasteiger partial charge in [-0.25, -0.2) is 4.39 Å². The Morgan fingerprint density at radius 3 is 3.19 bits per heavy atom. The summed E-state index contributed by atoms with van der Waals surface area (Å²) in [5.41, 5.74) is 1.59. The van der Waals surface area contributed by atoms with Gasteiger partial charge in [0, 0.05) is 18.1 Å². The van der Waals surface area contributed by atoms with Crippen molar-refractivity contribution in [1.82, 2.24) is 9.88 Å². The van der Waals surface area contributed by atoms with Gasteiger partial charge < -0.3 is 4.74 Å². The molecule has 1 aromatic heterocycles. The van der Waals surface area contributed by atoms with Gasteiger partial charge in [-0.05, 0) is 43.1 Å². The maximum absolute atomic E-state index is 13.8. The van der Waals surface area contributed by atoms with Crippen molar-refractivity contribution in [2.24, 2.45) is 0 Å². The van der Waals surface area contributed by atoms with E-state index in [9.17, 15) is 9.18 Å². The Morgan fingerprint density at radius 1 is 1.52 bits per heavy atom. The van der Waals surface area contributed by atoms with Crippen LogP contribution >= 0.6 is 0 Å². The maximum atomic E-state index is 13.8. The van der Waals surface area contributed by atoms with Crippen molar-refractivity contribution in [3.63, 3.8) is 0 Å². The minimum atomic E-state index is -0.278. The number of esters is 1. The first kappa shape index (κ1) is 13.9. The van der Waals surface area contributed by atoms with E-state index in [-0.39, 0.29) is 17.8 Å². The van der Waals surface area contributed by atoms with Crippen molar-refractivity contribution in [1.29, 1.82) is 0 Å². The van der Waals surface area contributed by atoms with Crippen LogP contribution in [0.5, 0.6) is 0 Å². The van der Waals surface area contributed by atoms with Crippen LogP contribution in [-0.2, 0) is 16.1 Å². The number of benzene rings is 1. The molecule has 2 aromatic rings. The highest BCUT2D eigenvalue weighted by Crippen LogP contribution is 2.25. The van der Waals surface area contributed by atoms with Crippen LogP contribution in [0, 0.1) is 5.82 Å². The molecule has 1 aliphatic heterocycles. The van der Waals surface area contributed by atoms with E-state index in [1.165, 1.54) is 19.2 Å². The van der Waals surface area contributed by atoms with Crippen molar-refractivity contribution >= 4 is 16.9 Å². The Bertz CT molecular complexity index is 674. The van der Waals surface area contributed by atoms with Gasteiger partial charge in [-0.3, -0.25) is 14.7 Å². The number of hydrogen-bond acceptors (Lipinski definition) is 4. The van der Waals surface area contributed by atoms with E-state index < -0.39 is 0 Å². The summed E-state index contributed by atoms with van der Waals surface area (Å²) in [6, 6.07) is 6.38. The van der Waals surface area contributed by atoms with Gasteiger partial charge in [0.2, 0.25) is 0 Å². The van der Waals surface area contributed by atoms with Gasteiger partial charge in [-0.15, -0.1) is 0 Å². The zero-order valence-electron chi connectivity index (χ0n) is 11.9. The molecular weight excluding hydrogens is 271 g/mol. The van der Waals surface area contributed by atoms with Gasteiger partial charge in [-0.1, -0.05) is 6.07 Å². The number of nitrogens with zero attached hydrogens (tertiary/aromatic N) is 2. The van der Waals surface area contributed by atoms with Gasteiger partial charge in [0.25, 0.3) is 0 Å². The molecule has 0 saturated carbocycles. The molecule has 0 amide bonds. The number of rotatable bonds is 3. The number of carbonyl (C=O) groups excluding carboxylic acids is 1. The quantitative estimate of drug-likeness (QED) is 0.814. The van der Waals surface area contributed by atoms with Crippen molar-refractivity contribution in [2.75, 3.05) is 13.7 Å². The largest absolute Gasteiger partial charge is 0.468 e. The average Bonchev–Trinajstić information content (AvgIpc) is 2.94. The van der Waals surface area contributed by atoms with Crippen LogP contribution in [0.25, 0.3) is 10.9 Å². The number of ether oxygens (including phenoxy) is 1. The van der Waals surface area contributed by atoms with Gasteiger partial charge in [0.15, 0.2) is 0 Å². The van der Waals surface area contributed by atoms with E-state index in [4.69, 9.17) is 4.74 Å². The molecule has 1 unspecified atom stereocenters. The second kappa shape index (κ2) is 5.77. The van der Waals surface area contributed by atoms with Crippen molar-refractivity contribution in [2.45, 2.75) is 25.4 Å². The van der Waals surface area contributed by atoms with Crippen molar-refractivity contribution < 1.29 is 13.9 Å². The van der Waals surface area contributed by atoms with Gasteiger partial charge >= 0.3 is 5.97 Å². The fourth-order valence-corrected chi connectivity index (χ4v) is 2.99. The van der Waals surface area contributed by atoms with Crippen LogP contribution in [0.2, 0.25) is 0 Å². The topological polar surface area (TPSA) is 42.4 Å². The molecule has 5 heteroatoms. The monoisotopic (exact) mass is 288 g/mol. The van der Waals surface area contributed by atoms with E-state index in [2.05, 4.69) is 4.98 Å². The highest BCUT2D eigenvalue weighted by atomic mass is 19.1. The molecule has 1 atom stereocenters. The zero-order chi connectivity index (χ0) is 14.8. The summed E-state index contributed by atoms with van der Waals surface area (Å²) in [6.45, 7) is 1.32. The molecule has 1 aromatic carbocycles. The standard InChI is InChI=1S/C16H17FN2O2/c1-21-16(20)14-5-3-7-19(14)10-12-9-13(17)8-11-4-2-6-18-15(11)12/h2,4,6,8-9,14H,3,5,7,10H2,1H3. The zero-order valence-corrected chi connectivity index (χ0v) is 11.9. The number of pyridine rings is 1. The Morgan fingerprint density at radius 2 is 2.38 bits per heavy atom. The number of methoxy groups -OCH3 is 1. The normalized spacial score (nSPS) is 19.0. The van der Waals surface area contributed by atoms with E-state index in [0.29, 0.717) is 6.54 Å². The van der Waals surface area contributed by atoms with Crippen LogP contribution in [0.1, 0.15) is 18.4 Å². The van der Waals surface area contributed by atoms with E-state index >= 15 is 0 Å². The van der Waals surface area contributed by atoms with Gasteiger partial charge in [-0.2, -0.15) is 0 Å². The lowest BCUT2D eigenvalue weighted by molar-refractivity contribution is -0.146. The molecule has 0 N–H and O–H groups in total. The molecular formula is C16H17FN2O2. The predicted molar refractivity (Wildman–Crippen MR) is 77.1 cm³/mol. The molecule has 4 nitrogen and oxygen atoms in total. The fourth-order valence-electron chi connectivity index (χ4n) is 2.99. The summed E-state index contributed by atoms with van der Waals surface area (Å²) in [5.74, 6) is -0.500. The average molecular weight is 288 g/mol. The molecule has 110 valence electrons. The molecule has 0 radical (unpaired) electrons. The van der Waals surface area contributed by atoms with Crippen LogP contribution in [0.15, 0.2) is 30.5 Å². The Balaban J connectivity index is 1.92. The first-order valence-corrected chi connectivity index (χ1v) is 7.04. The summed E-state index contributed by atoms with van der Waals surface area (Å²) >= 11 is 0. The Hall–Kier alpha value is -2.01. The highest BCUT2D eigenvalue weighted by molar-refractivity contribution is 5.82. The van der Waals surface area contributed by atoms with E-state index in [0.717, 1.165) is 35.9 Å². The SMILES string of the molecule is COC(=O)C1CCCN1Cc1cc(F)cc2cccnc12. The number of aromatic nitrogens is 1. The molecule has 1 aliphatic rings. The fraction of sp³-hybridized carbons (Fsp3) is 0.375. The third-order valence-corrected chi connectivity index (χ3v) is 3.96. The first-order chi connectivity index (χ1) is 10.2. The van der Waals surface area contributed by atoms with E-state index in [1.54, 1.807) is 12.3 Å². The summed E-state index contributed by atoms with van der Waals surface area (Å²) < 4.78 is 18.6. The van der Waals surface area contributed by atoms with Crippen LogP contribution in [0.4, 0.5) is 4.39 Å². The summed E-state index contributed by atoms with van der Waals surface area (Å²) in [5, 5.41) is 0.779. The number of hydrogen-bond donors (Lipinski definition) is 0. The Kier molecular flexibility index (Phi) is 3.84. The molecule has 1 fully saturated rings. The lowest BCUT2D eigenvalue weighted by Gasteiger charge is -2.22. The molecule has 21 heavy (non-hydrogen) atoms. The summed E-state index contributed by atoms with van der Waals surface area (Å²) in [4.78, 5) is 18.2. The molecule has 0 bridgehead atoms. The van der Waals surface area contributed by atoms with Crippen molar-refractivity contribution in [3.8, 4) is 0 Å². The molecule has 1 saturated heterocycles. The molecule has 3 rings (SSSR count). The Labute approximate surface area is 122 Å². The number of likely N-dealkylation sites (tertiary alicyclic amines) is 1. The van der Waals surface area contributed by atoms with Gasteiger partial charge in [0.05, 0.1) is 12.6 Å². The summed E-state index contributed by atoms with van der Waals surface area (Å²) in [7, 11) is 1.40. The highest BCUT2D eigenvalue weighted by Gasteiger charge is 2.31. The third kappa shape index (κ3) is 2.74. The number of fused-ring (bicyclic) bond motifs is 1. The smallest absolute Gasteiger partial charge is 0.323 e.